The van der Waals surface area contributed by atoms with Gasteiger partial charge >= 0.3 is 0 Å². The molecule has 1 heterocycles. The van der Waals surface area contributed by atoms with E-state index in [1.165, 1.54) is 0 Å². The van der Waals surface area contributed by atoms with Crippen LogP contribution in [0.4, 0.5) is 5.69 Å². The van der Waals surface area contributed by atoms with Gasteiger partial charge in [-0.1, -0.05) is 23.7 Å². The fourth-order valence-electron chi connectivity index (χ4n) is 2.16. The van der Waals surface area contributed by atoms with Crippen LogP contribution in [0.5, 0.6) is 5.75 Å². The summed E-state index contributed by atoms with van der Waals surface area (Å²) in [6, 6.07) is 15.1. The Hall–Kier alpha value is -2.59. The van der Waals surface area contributed by atoms with Crippen LogP contribution in [0.25, 0.3) is 10.9 Å². The third-order valence-electron chi connectivity index (χ3n) is 3.23. The first kappa shape index (κ1) is 14.4. The Labute approximate surface area is 133 Å². The third kappa shape index (κ3) is 3.02. The maximum Gasteiger partial charge on any atom is 0.127 e. The molecule has 4 nitrogen and oxygen atoms in total. The number of hydrazone groups is 1. The molecule has 2 aromatic carbocycles. The van der Waals surface area contributed by atoms with Crippen molar-refractivity contribution in [3.05, 3.63) is 65.3 Å². The van der Waals surface area contributed by atoms with Gasteiger partial charge in [0, 0.05) is 22.2 Å². The zero-order valence-electron chi connectivity index (χ0n) is 12.0. The molecule has 3 aromatic rings. The van der Waals surface area contributed by atoms with Gasteiger partial charge in [-0.05, 0) is 36.4 Å². The van der Waals surface area contributed by atoms with Crippen LogP contribution in [0, 0.1) is 0 Å². The Morgan fingerprint density at radius 2 is 2.05 bits per heavy atom. The van der Waals surface area contributed by atoms with Gasteiger partial charge in [-0.3, -0.25) is 10.4 Å². The number of halogens is 1. The van der Waals surface area contributed by atoms with Crippen LogP contribution in [0.1, 0.15) is 5.56 Å². The Kier molecular flexibility index (Phi) is 4.21. The number of rotatable bonds is 4. The number of aromatic nitrogens is 1. The predicted molar refractivity (Wildman–Crippen MR) is 91.0 cm³/mol. The number of ether oxygens (including phenoxy) is 1. The number of hydrogen-bond donors (Lipinski definition) is 1. The molecule has 0 spiro atoms. The standard InChI is InChI=1S/C17H14ClN3O/c1-22-17-5-3-2-4-12(17)11-20-21-15-8-9-19-16-10-13(18)6-7-14(15)16/h2-11H,1H3,(H,19,21). The number of fused-ring (bicyclic) bond motifs is 1. The molecule has 110 valence electrons. The molecule has 0 atom stereocenters. The highest BCUT2D eigenvalue weighted by Gasteiger charge is 2.02. The molecule has 0 unspecified atom stereocenters. The number of benzene rings is 2. The highest BCUT2D eigenvalue weighted by molar-refractivity contribution is 6.31. The molecule has 1 N–H and O–H groups in total. The minimum absolute atomic E-state index is 0.662. The summed E-state index contributed by atoms with van der Waals surface area (Å²) in [5, 5.41) is 5.90. The van der Waals surface area contributed by atoms with Crippen LogP contribution in [-0.2, 0) is 0 Å². The molecule has 5 heteroatoms. The molecule has 0 bridgehead atoms. The summed E-state index contributed by atoms with van der Waals surface area (Å²) in [5.41, 5.74) is 5.63. The summed E-state index contributed by atoms with van der Waals surface area (Å²) in [7, 11) is 1.64. The monoisotopic (exact) mass is 311 g/mol. The van der Waals surface area contributed by atoms with E-state index in [4.69, 9.17) is 16.3 Å². The van der Waals surface area contributed by atoms with E-state index >= 15 is 0 Å². The lowest BCUT2D eigenvalue weighted by molar-refractivity contribution is 0.414. The molecule has 0 fully saturated rings. The van der Waals surface area contributed by atoms with Crippen LogP contribution in [0.3, 0.4) is 0 Å². The Balaban J connectivity index is 1.86. The van der Waals surface area contributed by atoms with Crippen molar-refractivity contribution in [1.82, 2.24) is 4.98 Å². The fraction of sp³-hybridized carbons (Fsp3) is 0.0588. The van der Waals surface area contributed by atoms with E-state index in [9.17, 15) is 0 Å². The SMILES string of the molecule is COc1ccccc1C=NNc1ccnc2cc(Cl)ccc12. The molecule has 3 rings (SSSR count). The number of anilines is 1. The minimum atomic E-state index is 0.662. The van der Waals surface area contributed by atoms with E-state index in [2.05, 4.69) is 15.5 Å². The van der Waals surface area contributed by atoms with Crippen LogP contribution in [0.2, 0.25) is 5.02 Å². The number of hydrogen-bond acceptors (Lipinski definition) is 4. The summed E-state index contributed by atoms with van der Waals surface area (Å²) in [6.07, 6.45) is 3.45. The van der Waals surface area contributed by atoms with E-state index in [-0.39, 0.29) is 0 Å². The number of nitrogens with zero attached hydrogens (tertiary/aromatic N) is 2. The second-order valence-electron chi connectivity index (χ2n) is 4.63. The van der Waals surface area contributed by atoms with E-state index < -0.39 is 0 Å². The summed E-state index contributed by atoms with van der Waals surface area (Å²) in [4.78, 5) is 4.30. The van der Waals surface area contributed by atoms with Gasteiger partial charge in [-0.25, -0.2) is 0 Å². The van der Waals surface area contributed by atoms with Gasteiger partial charge in [0.15, 0.2) is 0 Å². The van der Waals surface area contributed by atoms with Gasteiger partial charge in [0.2, 0.25) is 0 Å². The third-order valence-corrected chi connectivity index (χ3v) is 3.47. The van der Waals surface area contributed by atoms with Gasteiger partial charge in [0.25, 0.3) is 0 Å². The second kappa shape index (κ2) is 6.45. The zero-order chi connectivity index (χ0) is 15.4. The summed E-state index contributed by atoms with van der Waals surface area (Å²) in [6.45, 7) is 0. The van der Waals surface area contributed by atoms with Crippen molar-refractivity contribution in [2.75, 3.05) is 12.5 Å². The second-order valence-corrected chi connectivity index (χ2v) is 5.07. The summed E-state index contributed by atoms with van der Waals surface area (Å²) < 4.78 is 5.29. The molecule has 22 heavy (non-hydrogen) atoms. The topological polar surface area (TPSA) is 46.5 Å². The van der Waals surface area contributed by atoms with Crippen LogP contribution in [0.15, 0.2) is 59.8 Å². The van der Waals surface area contributed by atoms with Gasteiger partial charge in [0.05, 0.1) is 24.5 Å². The van der Waals surface area contributed by atoms with Gasteiger partial charge in [-0.15, -0.1) is 0 Å². The Morgan fingerprint density at radius 3 is 2.91 bits per heavy atom. The normalized spacial score (nSPS) is 11.0. The largest absolute Gasteiger partial charge is 0.496 e. The van der Waals surface area contributed by atoms with Crippen LogP contribution >= 0.6 is 11.6 Å². The molecular formula is C17H14ClN3O. The molecule has 0 aliphatic carbocycles. The Bertz CT molecular complexity index is 833. The average Bonchev–Trinajstić information content (AvgIpc) is 2.55. The van der Waals surface area contributed by atoms with E-state index in [0.29, 0.717) is 5.02 Å². The van der Waals surface area contributed by atoms with Gasteiger partial charge < -0.3 is 4.74 Å². The van der Waals surface area contributed by atoms with E-state index in [1.54, 1.807) is 19.5 Å². The fourth-order valence-corrected chi connectivity index (χ4v) is 2.33. The first-order valence-electron chi connectivity index (χ1n) is 6.74. The molecule has 0 radical (unpaired) electrons. The van der Waals surface area contributed by atoms with Crippen molar-refractivity contribution in [2.24, 2.45) is 5.10 Å². The lowest BCUT2D eigenvalue weighted by Crippen LogP contribution is -1.94. The average molecular weight is 312 g/mol. The summed E-state index contributed by atoms with van der Waals surface area (Å²) in [5.74, 6) is 0.777. The van der Waals surface area contributed by atoms with Crippen LogP contribution in [-0.4, -0.2) is 18.3 Å². The number of methoxy groups -OCH3 is 1. The van der Waals surface area contributed by atoms with Gasteiger partial charge in [-0.2, -0.15) is 5.10 Å². The van der Waals surface area contributed by atoms with Crippen molar-refractivity contribution < 1.29 is 4.74 Å². The van der Waals surface area contributed by atoms with E-state index in [0.717, 1.165) is 27.9 Å². The molecule has 1 aromatic heterocycles. The van der Waals surface area contributed by atoms with Crippen molar-refractivity contribution in [3.63, 3.8) is 0 Å². The zero-order valence-corrected chi connectivity index (χ0v) is 12.7. The quantitative estimate of drug-likeness (QED) is 0.576. The van der Waals surface area contributed by atoms with Crippen molar-refractivity contribution in [3.8, 4) is 5.75 Å². The smallest absolute Gasteiger partial charge is 0.127 e. The molecule has 0 aliphatic rings. The van der Waals surface area contributed by atoms with Gasteiger partial charge in [0.1, 0.15) is 5.75 Å². The minimum Gasteiger partial charge on any atom is -0.496 e. The molecule has 0 aliphatic heterocycles. The maximum atomic E-state index is 5.98. The highest BCUT2D eigenvalue weighted by atomic mass is 35.5. The number of para-hydroxylation sites is 1. The Morgan fingerprint density at radius 1 is 1.18 bits per heavy atom. The molecule has 0 saturated carbocycles. The van der Waals surface area contributed by atoms with Crippen molar-refractivity contribution in [2.45, 2.75) is 0 Å². The maximum absolute atomic E-state index is 5.98. The molecular weight excluding hydrogens is 298 g/mol. The first-order valence-corrected chi connectivity index (χ1v) is 7.12. The predicted octanol–water partition coefficient (Wildman–Crippen LogP) is 4.34. The number of nitrogens with one attached hydrogen (secondary N) is 1. The lowest BCUT2D eigenvalue weighted by atomic mass is 10.2. The van der Waals surface area contributed by atoms with Crippen LogP contribution < -0.4 is 10.2 Å². The molecule has 0 saturated heterocycles. The first-order chi connectivity index (χ1) is 10.8. The van der Waals surface area contributed by atoms with E-state index in [1.807, 2.05) is 48.5 Å². The number of pyridine rings is 1. The van der Waals surface area contributed by atoms with Crippen molar-refractivity contribution >= 4 is 34.4 Å². The van der Waals surface area contributed by atoms with Crippen molar-refractivity contribution in [1.29, 1.82) is 0 Å². The lowest BCUT2D eigenvalue weighted by Gasteiger charge is -2.06. The molecule has 0 amide bonds. The highest BCUT2D eigenvalue weighted by Crippen LogP contribution is 2.24. The summed E-state index contributed by atoms with van der Waals surface area (Å²) >= 11 is 5.98.